The number of hydrogen-bond acceptors (Lipinski definition) is 4. The zero-order chi connectivity index (χ0) is 15.8. The van der Waals surface area contributed by atoms with Gasteiger partial charge in [0, 0.05) is 19.1 Å². The number of carboxylic acid groups (broad SMARTS) is 1. The lowest BCUT2D eigenvalue weighted by Crippen LogP contribution is -2.45. The quantitative estimate of drug-likeness (QED) is 0.769. The minimum atomic E-state index is -0.835. The van der Waals surface area contributed by atoms with Crippen LogP contribution >= 0.6 is 0 Å². The average Bonchev–Trinajstić information content (AvgIpc) is 2.96. The zero-order valence-electron chi connectivity index (χ0n) is 13.0. The van der Waals surface area contributed by atoms with E-state index in [4.69, 9.17) is 0 Å². The van der Waals surface area contributed by atoms with E-state index < -0.39 is 17.4 Å². The van der Waals surface area contributed by atoms with Crippen molar-refractivity contribution in [1.82, 2.24) is 9.80 Å². The normalized spacial score (nSPS) is 30.7. The number of carboxylic acids is 1. The van der Waals surface area contributed by atoms with Crippen LogP contribution in [0.1, 0.15) is 46.5 Å². The Kier molecular flexibility index (Phi) is 4.37. The molecule has 0 spiro atoms. The van der Waals surface area contributed by atoms with Crippen LogP contribution in [0, 0.1) is 5.41 Å². The van der Waals surface area contributed by atoms with Gasteiger partial charge in [0.25, 0.3) is 0 Å². The standard InChI is InChI=1S/C15H24N2O4/c1-4-10(5-2)17-12(18)8-11(13(17)19)16-7-6-15(3,9-16)14(20)21/h10-11H,4-9H2,1-3H3,(H,20,21). The summed E-state index contributed by atoms with van der Waals surface area (Å²) in [5.41, 5.74) is -0.814. The Morgan fingerprint density at radius 3 is 2.48 bits per heavy atom. The third-order valence-corrected chi connectivity index (χ3v) is 4.93. The molecule has 0 radical (unpaired) electrons. The lowest BCUT2D eigenvalue weighted by molar-refractivity contribution is -0.148. The number of rotatable bonds is 5. The molecule has 2 unspecified atom stereocenters. The van der Waals surface area contributed by atoms with Gasteiger partial charge in [0.2, 0.25) is 11.8 Å². The highest BCUT2D eigenvalue weighted by Crippen LogP contribution is 2.34. The number of amides is 2. The Bertz CT molecular complexity index is 461. The lowest BCUT2D eigenvalue weighted by Gasteiger charge is -2.27. The van der Waals surface area contributed by atoms with Crippen molar-refractivity contribution in [2.24, 2.45) is 5.41 Å². The van der Waals surface area contributed by atoms with Crippen molar-refractivity contribution in [2.75, 3.05) is 13.1 Å². The summed E-state index contributed by atoms with van der Waals surface area (Å²) in [6, 6.07) is -0.511. The molecule has 2 rings (SSSR count). The van der Waals surface area contributed by atoms with Crippen LogP contribution in [0.4, 0.5) is 0 Å². The van der Waals surface area contributed by atoms with E-state index in [-0.39, 0.29) is 24.3 Å². The molecule has 2 saturated heterocycles. The Hall–Kier alpha value is -1.43. The second kappa shape index (κ2) is 5.75. The number of nitrogens with zero attached hydrogens (tertiary/aromatic N) is 2. The van der Waals surface area contributed by atoms with Crippen LogP contribution in [-0.4, -0.2) is 57.9 Å². The molecule has 0 aliphatic carbocycles. The van der Waals surface area contributed by atoms with E-state index in [0.29, 0.717) is 19.5 Å². The monoisotopic (exact) mass is 296 g/mol. The summed E-state index contributed by atoms with van der Waals surface area (Å²) in [7, 11) is 0. The molecule has 21 heavy (non-hydrogen) atoms. The van der Waals surface area contributed by atoms with Gasteiger partial charge in [-0.1, -0.05) is 13.8 Å². The van der Waals surface area contributed by atoms with Crippen LogP contribution in [0.25, 0.3) is 0 Å². The smallest absolute Gasteiger partial charge is 0.310 e. The van der Waals surface area contributed by atoms with Crippen LogP contribution in [-0.2, 0) is 14.4 Å². The van der Waals surface area contributed by atoms with Gasteiger partial charge in [0.1, 0.15) is 0 Å². The Morgan fingerprint density at radius 1 is 1.38 bits per heavy atom. The summed E-state index contributed by atoms with van der Waals surface area (Å²) in [4.78, 5) is 39.3. The molecule has 118 valence electrons. The van der Waals surface area contributed by atoms with Crippen LogP contribution in [0.5, 0.6) is 0 Å². The Labute approximate surface area is 125 Å². The molecule has 2 aliphatic rings. The summed E-state index contributed by atoms with van der Waals surface area (Å²) in [6.07, 6.45) is 2.22. The first-order valence-corrected chi connectivity index (χ1v) is 7.67. The predicted molar refractivity (Wildman–Crippen MR) is 76.6 cm³/mol. The number of carbonyl (C=O) groups is 3. The summed E-state index contributed by atoms with van der Waals surface area (Å²) in [6.45, 7) is 6.54. The fourth-order valence-electron chi connectivity index (χ4n) is 3.39. The molecule has 6 nitrogen and oxygen atoms in total. The second-order valence-electron chi connectivity index (χ2n) is 6.38. The largest absolute Gasteiger partial charge is 0.481 e. The highest BCUT2D eigenvalue weighted by molar-refractivity contribution is 6.05. The molecule has 0 saturated carbocycles. The van der Waals surface area contributed by atoms with Gasteiger partial charge in [-0.05, 0) is 26.2 Å². The average molecular weight is 296 g/mol. The first kappa shape index (κ1) is 15.9. The molecule has 1 N–H and O–H groups in total. The van der Waals surface area contributed by atoms with Gasteiger partial charge < -0.3 is 5.11 Å². The van der Waals surface area contributed by atoms with Crippen molar-refractivity contribution in [1.29, 1.82) is 0 Å². The van der Waals surface area contributed by atoms with E-state index >= 15 is 0 Å². The summed E-state index contributed by atoms with van der Waals surface area (Å²) in [5.74, 6) is -1.11. The molecule has 2 heterocycles. The van der Waals surface area contributed by atoms with Gasteiger partial charge in [-0.3, -0.25) is 24.2 Å². The van der Waals surface area contributed by atoms with Crippen LogP contribution in [0.3, 0.4) is 0 Å². The molecule has 2 atom stereocenters. The van der Waals surface area contributed by atoms with Gasteiger partial charge in [-0.25, -0.2) is 0 Å². The highest BCUT2D eigenvalue weighted by Gasteiger charge is 2.49. The van der Waals surface area contributed by atoms with Crippen LogP contribution in [0.2, 0.25) is 0 Å². The van der Waals surface area contributed by atoms with E-state index in [2.05, 4.69) is 0 Å². The van der Waals surface area contributed by atoms with Crippen molar-refractivity contribution in [3.8, 4) is 0 Å². The highest BCUT2D eigenvalue weighted by atomic mass is 16.4. The van der Waals surface area contributed by atoms with Crippen LogP contribution < -0.4 is 0 Å². The number of aliphatic carboxylic acids is 1. The fourth-order valence-corrected chi connectivity index (χ4v) is 3.39. The SMILES string of the molecule is CCC(CC)N1C(=O)CC(N2CCC(C)(C(=O)O)C2)C1=O. The van der Waals surface area contributed by atoms with Crippen molar-refractivity contribution >= 4 is 17.8 Å². The van der Waals surface area contributed by atoms with Gasteiger partial charge in [-0.2, -0.15) is 0 Å². The molecule has 2 aliphatic heterocycles. The maximum atomic E-state index is 12.6. The number of hydrogen-bond donors (Lipinski definition) is 1. The van der Waals surface area contributed by atoms with E-state index in [1.165, 1.54) is 4.90 Å². The number of likely N-dealkylation sites (tertiary alicyclic amines) is 2. The fraction of sp³-hybridized carbons (Fsp3) is 0.800. The minimum absolute atomic E-state index is 0.0385. The maximum Gasteiger partial charge on any atom is 0.310 e. The van der Waals surface area contributed by atoms with Crippen LogP contribution in [0.15, 0.2) is 0 Å². The molecule has 0 aromatic carbocycles. The zero-order valence-corrected chi connectivity index (χ0v) is 13.0. The molecular formula is C15H24N2O4. The van der Waals surface area contributed by atoms with Gasteiger partial charge in [0.15, 0.2) is 0 Å². The van der Waals surface area contributed by atoms with E-state index in [1.54, 1.807) is 6.92 Å². The number of carbonyl (C=O) groups excluding carboxylic acids is 2. The first-order chi connectivity index (χ1) is 9.84. The van der Waals surface area contributed by atoms with E-state index in [0.717, 1.165) is 12.8 Å². The molecule has 0 aromatic rings. The van der Waals surface area contributed by atoms with E-state index in [9.17, 15) is 19.5 Å². The maximum absolute atomic E-state index is 12.6. The minimum Gasteiger partial charge on any atom is -0.481 e. The van der Waals surface area contributed by atoms with Crippen molar-refractivity contribution < 1.29 is 19.5 Å². The molecular weight excluding hydrogens is 272 g/mol. The first-order valence-electron chi connectivity index (χ1n) is 7.67. The molecule has 0 bridgehead atoms. The summed E-state index contributed by atoms with van der Waals surface area (Å²) >= 11 is 0. The second-order valence-corrected chi connectivity index (χ2v) is 6.38. The lowest BCUT2D eigenvalue weighted by atomic mass is 9.90. The Balaban J connectivity index is 2.12. The van der Waals surface area contributed by atoms with E-state index in [1.807, 2.05) is 18.7 Å². The molecule has 6 heteroatoms. The topological polar surface area (TPSA) is 77.9 Å². The van der Waals surface area contributed by atoms with Crippen molar-refractivity contribution in [2.45, 2.75) is 58.5 Å². The van der Waals surface area contributed by atoms with Gasteiger partial charge in [-0.15, -0.1) is 0 Å². The molecule has 0 aromatic heterocycles. The van der Waals surface area contributed by atoms with Gasteiger partial charge in [0.05, 0.1) is 17.9 Å². The summed E-state index contributed by atoms with van der Waals surface area (Å²) in [5, 5.41) is 9.28. The van der Waals surface area contributed by atoms with Gasteiger partial charge >= 0.3 is 5.97 Å². The summed E-state index contributed by atoms with van der Waals surface area (Å²) < 4.78 is 0. The van der Waals surface area contributed by atoms with Crippen molar-refractivity contribution in [3.05, 3.63) is 0 Å². The van der Waals surface area contributed by atoms with Crippen molar-refractivity contribution in [3.63, 3.8) is 0 Å². The third kappa shape index (κ3) is 2.69. The third-order valence-electron chi connectivity index (χ3n) is 4.93. The molecule has 2 amide bonds. The molecule has 2 fully saturated rings. The Morgan fingerprint density at radius 2 is 2.00 bits per heavy atom. The predicted octanol–water partition coefficient (Wildman–Crippen LogP) is 1.10. The number of imide groups is 1.